The molecule has 0 saturated carbocycles. The molecule has 0 bridgehead atoms. The predicted octanol–water partition coefficient (Wildman–Crippen LogP) is 4.23. The maximum Gasteiger partial charge on any atom is 0.236 e. The zero-order valence-corrected chi connectivity index (χ0v) is 17.8. The Morgan fingerprint density at radius 1 is 1.28 bits per heavy atom. The van der Waals surface area contributed by atoms with Gasteiger partial charge >= 0.3 is 0 Å². The minimum Gasteiger partial charge on any atom is -0.497 e. The van der Waals surface area contributed by atoms with Gasteiger partial charge < -0.3 is 10.1 Å². The Morgan fingerprint density at radius 2 is 2.14 bits per heavy atom. The second kappa shape index (κ2) is 8.22. The molecule has 0 fully saturated rings. The first-order valence-corrected chi connectivity index (χ1v) is 10.7. The molecule has 148 valence electrons. The number of thiazole rings is 1. The van der Waals surface area contributed by atoms with Gasteiger partial charge in [-0.3, -0.25) is 9.36 Å². The van der Waals surface area contributed by atoms with Gasteiger partial charge in [-0.15, -0.1) is 10.2 Å². The number of fused-ring (bicyclic) bond motifs is 1. The number of hydrogen-bond acceptors (Lipinski definition) is 7. The first-order chi connectivity index (χ1) is 14.0. The summed E-state index contributed by atoms with van der Waals surface area (Å²) in [4.78, 5) is 17.0. The van der Waals surface area contributed by atoms with Crippen molar-refractivity contribution in [2.24, 2.45) is 0 Å². The van der Waals surface area contributed by atoms with E-state index in [1.54, 1.807) is 13.4 Å². The summed E-state index contributed by atoms with van der Waals surface area (Å²) >= 11 is 2.80. The van der Waals surface area contributed by atoms with Crippen LogP contribution in [-0.2, 0) is 4.79 Å². The van der Waals surface area contributed by atoms with Crippen LogP contribution >= 0.6 is 23.1 Å². The summed E-state index contributed by atoms with van der Waals surface area (Å²) in [5, 5.41) is 12.2. The lowest BCUT2D eigenvalue weighted by molar-refractivity contribution is -0.113. The van der Waals surface area contributed by atoms with Crippen molar-refractivity contribution >= 4 is 44.4 Å². The average molecular weight is 426 g/mol. The van der Waals surface area contributed by atoms with Crippen LogP contribution in [0.2, 0.25) is 0 Å². The van der Waals surface area contributed by atoms with Crippen molar-refractivity contribution in [3.8, 4) is 11.4 Å². The molecule has 1 amide bonds. The molecule has 0 aliphatic carbocycles. The molecule has 2 aromatic heterocycles. The SMILES string of the molecule is COc1cccc(-n2cnnc2SCC(=O)Nc2nc3c(C)cc(C)cc3s2)c1. The first-order valence-electron chi connectivity index (χ1n) is 8.88. The molecule has 29 heavy (non-hydrogen) atoms. The third kappa shape index (κ3) is 4.25. The quantitative estimate of drug-likeness (QED) is 0.466. The molecule has 0 unspecified atom stereocenters. The minimum atomic E-state index is -0.136. The summed E-state index contributed by atoms with van der Waals surface area (Å²) in [6.45, 7) is 4.08. The van der Waals surface area contributed by atoms with Crippen LogP contribution in [0.25, 0.3) is 15.9 Å². The molecule has 0 saturated heterocycles. The number of hydrogen-bond donors (Lipinski definition) is 1. The topological polar surface area (TPSA) is 81.9 Å². The molecule has 0 atom stereocenters. The number of nitrogens with one attached hydrogen (secondary N) is 1. The number of nitrogens with zero attached hydrogens (tertiary/aromatic N) is 4. The maximum absolute atomic E-state index is 12.4. The van der Waals surface area contributed by atoms with Crippen LogP contribution in [0.3, 0.4) is 0 Å². The zero-order chi connectivity index (χ0) is 20.4. The molecular weight excluding hydrogens is 406 g/mol. The fraction of sp³-hybridized carbons (Fsp3) is 0.200. The van der Waals surface area contributed by atoms with E-state index < -0.39 is 0 Å². The van der Waals surface area contributed by atoms with Crippen LogP contribution in [0.1, 0.15) is 11.1 Å². The summed E-state index contributed by atoms with van der Waals surface area (Å²) in [5.74, 6) is 0.811. The highest BCUT2D eigenvalue weighted by atomic mass is 32.2. The number of aromatic nitrogens is 4. The van der Waals surface area contributed by atoms with Crippen LogP contribution in [0, 0.1) is 13.8 Å². The number of rotatable bonds is 6. The largest absolute Gasteiger partial charge is 0.497 e. The number of amides is 1. The third-order valence-corrected chi connectivity index (χ3v) is 6.12. The lowest BCUT2D eigenvalue weighted by Gasteiger charge is -2.07. The zero-order valence-electron chi connectivity index (χ0n) is 16.2. The summed E-state index contributed by atoms with van der Waals surface area (Å²) < 4.78 is 8.16. The summed E-state index contributed by atoms with van der Waals surface area (Å²) in [5.41, 5.74) is 4.09. The Morgan fingerprint density at radius 3 is 2.97 bits per heavy atom. The van der Waals surface area contributed by atoms with Crippen LogP contribution < -0.4 is 10.1 Å². The van der Waals surface area contributed by atoms with Crippen molar-refractivity contribution in [2.45, 2.75) is 19.0 Å². The van der Waals surface area contributed by atoms with Crippen molar-refractivity contribution in [1.82, 2.24) is 19.7 Å². The molecule has 2 aromatic carbocycles. The van der Waals surface area contributed by atoms with Gasteiger partial charge in [0, 0.05) is 6.07 Å². The fourth-order valence-corrected chi connectivity index (χ4v) is 4.76. The number of anilines is 1. The van der Waals surface area contributed by atoms with Gasteiger partial charge in [-0.05, 0) is 43.2 Å². The number of methoxy groups -OCH3 is 1. The number of ether oxygens (including phenoxy) is 1. The van der Waals surface area contributed by atoms with Crippen molar-refractivity contribution in [3.63, 3.8) is 0 Å². The molecule has 0 aliphatic rings. The summed E-state index contributed by atoms with van der Waals surface area (Å²) in [6, 6.07) is 11.8. The number of thioether (sulfide) groups is 1. The molecule has 0 aliphatic heterocycles. The monoisotopic (exact) mass is 425 g/mol. The molecule has 0 spiro atoms. The fourth-order valence-electron chi connectivity index (χ4n) is 2.97. The van der Waals surface area contributed by atoms with Crippen LogP contribution in [-0.4, -0.2) is 38.5 Å². The molecular formula is C20H19N5O2S2. The molecule has 4 aromatic rings. The highest BCUT2D eigenvalue weighted by Gasteiger charge is 2.13. The molecule has 7 nitrogen and oxygen atoms in total. The second-order valence-electron chi connectivity index (χ2n) is 6.47. The van der Waals surface area contributed by atoms with E-state index >= 15 is 0 Å². The third-order valence-electron chi connectivity index (χ3n) is 4.26. The van der Waals surface area contributed by atoms with Gasteiger partial charge in [0.15, 0.2) is 10.3 Å². The minimum absolute atomic E-state index is 0.136. The lowest BCUT2D eigenvalue weighted by Crippen LogP contribution is -2.14. The van der Waals surface area contributed by atoms with Crippen LogP contribution in [0.4, 0.5) is 5.13 Å². The van der Waals surface area contributed by atoms with E-state index in [1.165, 1.54) is 28.7 Å². The van der Waals surface area contributed by atoms with Gasteiger partial charge in [0.05, 0.1) is 28.8 Å². The van der Waals surface area contributed by atoms with Gasteiger partial charge in [-0.2, -0.15) is 0 Å². The van der Waals surface area contributed by atoms with Gasteiger partial charge in [-0.25, -0.2) is 4.98 Å². The van der Waals surface area contributed by atoms with Gasteiger partial charge in [0.2, 0.25) is 5.91 Å². The van der Waals surface area contributed by atoms with Crippen molar-refractivity contribution in [3.05, 3.63) is 53.9 Å². The lowest BCUT2D eigenvalue weighted by atomic mass is 10.1. The van der Waals surface area contributed by atoms with Gasteiger partial charge in [0.1, 0.15) is 12.1 Å². The van der Waals surface area contributed by atoms with Crippen molar-refractivity contribution in [1.29, 1.82) is 0 Å². The number of carbonyl (C=O) groups excluding carboxylic acids is 1. The average Bonchev–Trinajstić information content (AvgIpc) is 3.33. The highest BCUT2D eigenvalue weighted by Crippen LogP contribution is 2.29. The smallest absolute Gasteiger partial charge is 0.236 e. The molecule has 4 rings (SSSR count). The van der Waals surface area contributed by atoms with Crippen LogP contribution in [0.5, 0.6) is 5.75 Å². The van der Waals surface area contributed by atoms with Crippen LogP contribution in [0.15, 0.2) is 47.9 Å². The molecule has 0 radical (unpaired) electrons. The Balaban J connectivity index is 1.44. The van der Waals surface area contributed by atoms with Gasteiger partial charge in [-0.1, -0.05) is 35.2 Å². The van der Waals surface area contributed by atoms with E-state index in [0.29, 0.717) is 10.3 Å². The first kappa shape index (κ1) is 19.4. The van der Waals surface area contributed by atoms with E-state index in [1.807, 2.05) is 35.8 Å². The van der Waals surface area contributed by atoms with E-state index in [0.717, 1.165) is 27.2 Å². The summed E-state index contributed by atoms with van der Waals surface area (Å²) in [6.07, 6.45) is 1.62. The van der Waals surface area contributed by atoms with E-state index in [4.69, 9.17) is 4.74 Å². The number of carbonyl (C=O) groups is 1. The Labute approximate surface area is 176 Å². The van der Waals surface area contributed by atoms with E-state index in [2.05, 4.69) is 39.6 Å². The van der Waals surface area contributed by atoms with Crippen molar-refractivity contribution < 1.29 is 9.53 Å². The summed E-state index contributed by atoms with van der Waals surface area (Å²) in [7, 11) is 1.62. The van der Waals surface area contributed by atoms with E-state index in [-0.39, 0.29) is 11.7 Å². The Bertz CT molecular complexity index is 1180. The highest BCUT2D eigenvalue weighted by molar-refractivity contribution is 7.99. The predicted molar refractivity (Wildman–Crippen MR) is 116 cm³/mol. The molecule has 9 heteroatoms. The normalized spacial score (nSPS) is 11.0. The van der Waals surface area contributed by atoms with Crippen molar-refractivity contribution in [2.75, 3.05) is 18.2 Å². The maximum atomic E-state index is 12.4. The van der Waals surface area contributed by atoms with E-state index in [9.17, 15) is 4.79 Å². The Kier molecular flexibility index (Phi) is 5.50. The number of aryl methyl sites for hydroxylation is 2. The number of benzene rings is 2. The standard InChI is InChI=1S/C20H19N5O2S2/c1-12-7-13(2)18-16(8-12)29-19(23-18)22-17(26)10-28-20-24-21-11-25(20)14-5-4-6-15(9-14)27-3/h4-9,11H,10H2,1-3H3,(H,22,23,26). The molecule has 2 heterocycles. The Hall–Kier alpha value is -2.91. The second-order valence-corrected chi connectivity index (χ2v) is 8.44. The van der Waals surface area contributed by atoms with Gasteiger partial charge in [0.25, 0.3) is 0 Å². The molecule has 1 N–H and O–H groups in total.